The van der Waals surface area contributed by atoms with E-state index in [4.69, 9.17) is 5.11 Å². The Morgan fingerprint density at radius 2 is 1.70 bits per heavy atom. The molecule has 0 atom stereocenters. The summed E-state index contributed by atoms with van der Waals surface area (Å²) in [7, 11) is 0. The molecule has 0 bridgehead atoms. The van der Waals surface area contributed by atoms with E-state index >= 15 is 0 Å². The van der Waals surface area contributed by atoms with Crippen LogP contribution in [0.3, 0.4) is 0 Å². The number of benzene rings is 1. The normalized spacial score (nSPS) is 11.1. The zero-order valence-corrected chi connectivity index (χ0v) is 10.8. The first-order chi connectivity index (χ1) is 9.10. The van der Waals surface area contributed by atoms with E-state index < -0.39 is 40.7 Å². The zero-order chi connectivity index (χ0) is 15.5. The van der Waals surface area contributed by atoms with Crippen molar-refractivity contribution in [2.45, 2.75) is 25.8 Å². The zero-order valence-electron chi connectivity index (χ0n) is 10.8. The van der Waals surface area contributed by atoms with Gasteiger partial charge in [-0.05, 0) is 13.8 Å². The van der Waals surface area contributed by atoms with Gasteiger partial charge in [0.25, 0.3) is 0 Å². The van der Waals surface area contributed by atoms with Crippen molar-refractivity contribution in [3.05, 3.63) is 29.6 Å². The molecular weight excluding hydrogens is 277 g/mol. The van der Waals surface area contributed by atoms with E-state index in [0.717, 1.165) is 0 Å². The fourth-order valence-corrected chi connectivity index (χ4v) is 1.54. The Bertz CT molecular complexity index is 524. The average molecular weight is 290 g/mol. The molecule has 1 aromatic rings. The lowest BCUT2D eigenvalue weighted by atomic mass is 10.0. The van der Waals surface area contributed by atoms with Crippen LogP contribution >= 0.6 is 0 Å². The second kappa shape index (κ2) is 5.81. The number of carbonyl (C=O) groups excluding carboxylic acids is 1. The summed E-state index contributed by atoms with van der Waals surface area (Å²) in [4.78, 5) is 22.1. The van der Waals surface area contributed by atoms with Crippen LogP contribution in [-0.4, -0.2) is 22.6 Å². The van der Waals surface area contributed by atoms with Gasteiger partial charge in [-0.25, -0.2) is 18.0 Å². The van der Waals surface area contributed by atoms with Crippen molar-refractivity contribution in [3.63, 3.8) is 0 Å². The first-order valence-corrected chi connectivity index (χ1v) is 5.56. The Balaban J connectivity index is 2.79. The number of carbonyl (C=O) groups is 2. The number of nitrogens with one attached hydrogen (secondary N) is 2. The number of aliphatic carboxylic acids is 1. The van der Waals surface area contributed by atoms with Gasteiger partial charge in [-0.2, -0.15) is 0 Å². The average Bonchev–Trinajstić information content (AvgIpc) is 2.20. The van der Waals surface area contributed by atoms with Gasteiger partial charge in [0.2, 0.25) is 0 Å². The number of hydrogen-bond donors (Lipinski definition) is 3. The fraction of sp³-hybridized carbons (Fsp3) is 0.333. The van der Waals surface area contributed by atoms with Crippen LogP contribution in [0, 0.1) is 17.5 Å². The summed E-state index contributed by atoms with van der Waals surface area (Å²) in [5, 5.41) is 12.8. The molecule has 0 fully saturated rings. The minimum absolute atomic E-state index is 0.380. The van der Waals surface area contributed by atoms with Crippen LogP contribution in [-0.2, 0) is 4.79 Å². The molecule has 0 radical (unpaired) electrons. The molecule has 5 nitrogen and oxygen atoms in total. The van der Waals surface area contributed by atoms with Gasteiger partial charge in [-0.15, -0.1) is 0 Å². The van der Waals surface area contributed by atoms with E-state index in [1.807, 2.05) is 5.32 Å². The van der Waals surface area contributed by atoms with Gasteiger partial charge in [0.05, 0.1) is 6.42 Å². The smallest absolute Gasteiger partial charge is 0.319 e. The second-order valence-electron chi connectivity index (χ2n) is 4.78. The SMILES string of the molecule is CC(C)(CC(=O)O)NC(=O)Nc1c(F)cc(F)cc1F. The maximum absolute atomic E-state index is 13.3. The van der Waals surface area contributed by atoms with E-state index in [9.17, 15) is 22.8 Å². The van der Waals surface area contributed by atoms with E-state index in [1.165, 1.54) is 13.8 Å². The number of urea groups is 1. The number of anilines is 1. The Morgan fingerprint density at radius 3 is 2.15 bits per heavy atom. The Kier molecular flexibility index (Phi) is 4.59. The number of carboxylic acids is 1. The molecular formula is C12H13F3N2O3. The van der Waals surface area contributed by atoms with Crippen molar-refractivity contribution in [3.8, 4) is 0 Å². The van der Waals surface area contributed by atoms with Gasteiger partial charge in [0.1, 0.15) is 11.5 Å². The molecule has 20 heavy (non-hydrogen) atoms. The molecule has 1 aromatic carbocycles. The summed E-state index contributed by atoms with van der Waals surface area (Å²) in [6.45, 7) is 2.86. The number of amides is 2. The Morgan fingerprint density at radius 1 is 1.20 bits per heavy atom. The van der Waals surface area contributed by atoms with Crippen molar-refractivity contribution in [2.75, 3.05) is 5.32 Å². The molecule has 0 spiro atoms. The van der Waals surface area contributed by atoms with Crippen LogP contribution in [0.1, 0.15) is 20.3 Å². The highest BCUT2D eigenvalue weighted by atomic mass is 19.1. The van der Waals surface area contributed by atoms with Crippen molar-refractivity contribution in [1.82, 2.24) is 5.32 Å². The highest BCUT2D eigenvalue weighted by Gasteiger charge is 2.25. The van der Waals surface area contributed by atoms with Gasteiger partial charge < -0.3 is 15.7 Å². The maximum atomic E-state index is 13.3. The third kappa shape index (κ3) is 4.45. The molecule has 0 aliphatic rings. The van der Waals surface area contributed by atoms with Crippen LogP contribution in [0.5, 0.6) is 0 Å². The molecule has 8 heteroatoms. The predicted molar refractivity (Wildman–Crippen MR) is 64.8 cm³/mol. The summed E-state index contributed by atoms with van der Waals surface area (Å²) < 4.78 is 39.3. The maximum Gasteiger partial charge on any atom is 0.319 e. The van der Waals surface area contributed by atoms with E-state index in [2.05, 4.69) is 5.32 Å². The minimum atomic E-state index is -1.27. The van der Waals surface area contributed by atoms with Crippen molar-refractivity contribution in [1.29, 1.82) is 0 Å². The first kappa shape index (κ1) is 15.8. The predicted octanol–water partition coefficient (Wildman–Crippen LogP) is 2.48. The standard InChI is InChI=1S/C12H13F3N2O3/c1-12(2,5-9(18)19)17-11(20)16-10-7(14)3-6(13)4-8(10)15/h3-4H,5H2,1-2H3,(H,18,19)(H2,16,17,20). The molecule has 0 unspecified atom stereocenters. The number of rotatable bonds is 4. The van der Waals surface area contributed by atoms with Crippen LogP contribution in [0.4, 0.5) is 23.7 Å². The summed E-state index contributed by atoms with van der Waals surface area (Å²) in [6, 6.07) is -0.164. The van der Waals surface area contributed by atoms with Gasteiger partial charge in [0, 0.05) is 17.7 Å². The lowest BCUT2D eigenvalue weighted by molar-refractivity contribution is -0.138. The fourth-order valence-electron chi connectivity index (χ4n) is 1.54. The molecule has 0 aliphatic heterocycles. The van der Waals surface area contributed by atoms with Crippen LogP contribution < -0.4 is 10.6 Å². The molecule has 1 rings (SSSR count). The molecule has 0 saturated carbocycles. The lowest BCUT2D eigenvalue weighted by Crippen LogP contribution is -2.47. The second-order valence-corrected chi connectivity index (χ2v) is 4.78. The monoisotopic (exact) mass is 290 g/mol. The minimum Gasteiger partial charge on any atom is -0.481 e. The third-order valence-corrected chi connectivity index (χ3v) is 2.29. The highest BCUT2D eigenvalue weighted by Crippen LogP contribution is 2.20. The third-order valence-electron chi connectivity index (χ3n) is 2.29. The summed E-state index contributed by atoms with van der Waals surface area (Å²) in [6.07, 6.45) is -0.380. The highest BCUT2D eigenvalue weighted by molar-refractivity contribution is 5.90. The Labute approximate surface area is 112 Å². The number of carboxylic acid groups (broad SMARTS) is 1. The molecule has 0 aliphatic carbocycles. The number of halogens is 3. The Hall–Kier alpha value is -2.25. The van der Waals surface area contributed by atoms with Gasteiger partial charge in [-0.3, -0.25) is 4.79 Å². The summed E-state index contributed by atoms with van der Waals surface area (Å²) in [5.41, 5.74) is -1.93. The molecule has 2 amide bonds. The lowest BCUT2D eigenvalue weighted by Gasteiger charge is -2.24. The van der Waals surface area contributed by atoms with Crippen molar-refractivity contribution in [2.24, 2.45) is 0 Å². The van der Waals surface area contributed by atoms with Gasteiger partial charge >= 0.3 is 12.0 Å². The summed E-state index contributed by atoms with van der Waals surface area (Å²) in [5.74, 6) is -4.80. The molecule has 0 aromatic heterocycles. The van der Waals surface area contributed by atoms with Gasteiger partial charge in [-0.1, -0.05) is 0 Å². The van der Waals surface area contributed by atoms with Crippen LogP contribution in [0.15, 0.2) is 12.1 Å². The van der Waals surface area contributed by atoms with Crippen LogP contribution in [0.2, 0.25) is 0 Å². The van der Waals surface area contributed by atoms with Crippen molar-refractivity contribution < 1.29 is 27.9 Å². The van der Waals surface area contributed by atoms with E-state index in [-0.39, 0.29) is 6.42 Å². The molecule has 110 valence electrons. The quantitative estimate of drug-likeness (QED) is 0.797. The van der Waals surface area contributed by atoms with Gasteiger partial charge in [0.15, 0.2) is 11.6 Å². The summed E-state index contributed by atoms with van der Waals surface area (Å²) >= 11 is 0. The molecule has 3 N–H and O–H groups in total. The largest absolute Gasteiger partial charge is 0.481 e. The van der Waals surface area contributed by atoms with E-state index in [0.29, 0.717) is 12.1 Å². The molecule has 0 saturated heterocycles. The molecule has 0 heterocycles. The topological polar surface area (TPSA) is 78.4 Å². The van der Waals surface area contributed by atoms with E-state index in [1.54, 1.807) is 0 Å². The first-order valence-electron chi connectivity index (χ1n) is 5.56. The van der Waals surface area contributed by atoms with Crippen molar-refractivity contribution >= 4 is 17.7 Å². The number of hydrogen-bond acceptors (Lipinski definition) is 2. The van der Waals surface area contributed by atoms with Crippen LogP contribution in [0.25, 0.3) is 0 Å².